The summed E-state index contributed by atoms with van der Waals surface area (Å²) in [4.78, 5) is 18.8. The summed E-state index contributed by atoms with van der Waals surface area (Å²) < 4.78 is 0. The smallest absolute Gasteiger partial charge is 0.273 e. The maximum absolute atomic E-state index is 12.6. The molecular formula is C18H17Cl2N3O. The minimum Gasteiger partial charge on any atom is -0.329 e. The summed E-state index contributed by atoms with van der Waals surface area (Å²) >= 11 is 12.4. The molecule has 0 saturated carbocycles. The SMILES string of the molecule is C=CCN1Cc2c(nc(C)c(CN)c2-c2ccc(Cl)cc2Cl)C1=O. The molecule has 6 heteroatoms. The molecule has 0 radical (unpaired) electrons. The van der Waals surface area contributed by atoms with E-state index in [-0.39, 0.29) is 5.91 Å². The van der Waals surface area contributed by atoms with E-state index in [0.717, 1.165) is 27.9 Å². The van der Waals surface area contributed by atoms with E-state index >= 15 is 0 Å². The Labute approximate surface area is 150 Å². The van der Waals surface area contributed by atoms with Gasteiger partial charge in [0.15, 0.2) is 0 Å². The second-order valence-corrected chi connectivity index (χ2v) is 6.52. The quantitative estimate of drug-likeness (QED) is 0.838. The maximum atomic E-state index is 12.6. The summed E-state index contributed by atoms with van der Waals surface area (Å²) in [6, 6.07) is 5.34. The first-order valence-corrected chi connectivity index (χ1v) is 8.31. The third-order valence-electron chi connectivity index (χ3n) is 4.20. The monoisotopic (exact) mass is 361 g/mol. The Balaban J connectivity index is 2.28. The minimum absolute atomic E-state index is 0.0945. The Morgan fingerprint density at radius 1 is 1.42 bits per heavy atom. The third-order valence-corrected chi connectivity index (χ3v) is 4.75. The highest BCUT2D eigenvalue weighted by Crippen LogP contribution is 2.39. The van der Waals surface area contributed by atoms with Gasteiger partial charge in [0.05, 0.1) is 0 Å². The first-order valence-electron chi connectivity index (χ1n) is 7.56. The van der Waals surface area contributed by atoms with Crippen LogP contribution in [0.5, 0.6) is 0 Å². The highest BCUT2D eigenvalue weighted by atomic mass is 35.5. The summed E-state index contributed by atoms with van der Waals surface area (Å²) in [5.74, 6) is -0.0945. The van der Waals surface area contributed by atoms with E-state index in [1.54, 1.807) is 23.1 Å². The minimum atomic E-state index is -0.0945. The number of pyridine rings is 1. The van der Waals surface area contributed by atoms with E-state index in [4.69, 9.17) is 28.9 Å². The van der Waals surface area contributed by atoms with E-state index in [2.05, 4.69) is 11.6 Å². The van der Waals surface area contributed by atoms with Gasteiger partial charge in [-0.1, -0.05) is 35.3 Å². The van der Waals surface area contributed by atoms with E-state index in [9.17, 15) is 4.79 Å². The van der Waals surface area contributed by atoms with Crippen LogP contribution in [0.15, 0.2) is 30.9 Å². The molecule has 4 nitrogen and oxygen atoms in total. The van der Waals surface area contributed by atoms with Gasteiger partial charge in [0.1, 0.15) is 5.69 Å². The number of nitrogens with zero attached hydrogens (tertiary/aromatic N) is 2. The van der Waals surface area contributed by atoms with Gasteiger partial charge < -0.3 is 10.6 Å². The van der Waals surface area contributed by atoms with Crippen molar-refractivity contribution in [3.05, 3.63) is 63.4 Å². The number of nitrogens with two attached hydrogens (primary N) is 1. The lowest BCUT2D eigenvalue weighted by Crippen LogP contribution is -2.24. The van der Waals surface area contributed by atoms with Gasteiger partial charge in [0.2, 0.25) is 0 Å². The fraction of sp³-hybridized carbons (Fsp3) is 0.222. The molecular weight excluding hydrogens is 345 g/mol. The first-order chi connectivity index (χ1) is 11.5. The Morgan fingerprint density at radius 2 is 2.17 bits per heavy atom. The van der Waals surface area contributed by atoms with Gasteiger partial charge in [-0.3, -0.25) is 4.79 Å². The molecule has 2 N–H and O–H groups in total. The molecule has 0 fully saturated rings. The second kappa shape index (κ2) is 6.55. The van der Waals surface area contributed by atoms with E-state index in [1.807, 2.05) is 13.0 Å². The van der Waals surface area contributed by atoms with Crippen molar-refractivity contribution in [1.29, 1.82) is 0 Å². The number of fused-ring (bicyclic) bond motifs is 1. The lowest BCUT2D eigenvalue weighted by Gasteiger charge is -2.16. The molecule has 2 heterocycles. The number of halogens is 2. The highest BCUT2D eigenvalue weighted by Gasteiger charge is 2.33. The lowest BCUT2D eigenvalue weighted by molar-refractivity contribution is 0.0792. The normalized spacial score (nSPS) is 13.3. The van der Waals surface area contributed by atoms with E-state index < -0.39 is 0 Å². The fourth-order valence-electron chi connectivity index (χ4n) is 3.10. The molecule has 0 spiro atoms. The van der Waals surface area contributed by atoms with Crippen LogP contribution in [0.1, 0.15) is 27.3 Å². The Bertz CT molecular complexity index is 849. The largest absolute Gasteiger partial charge is 0.329 e. The maximum Gasteiger partial charge on any atom is 0.273 e. The number of aryl methyl sites for hydroxylation is 1. The molecule has 3 rings (SSSR count). The van der Waals surface area contributed by atoms with Crippen LogP contribution >= 0.6 is 23.2 Å². The van der Waals surface area contributed by atoms with Crippen LogP contribution in [-0.2, 0) is 13.1 Å². The number of hydrogen-bond acceptors (Lipinski definition) is 3. The number of carbonyl (C=O) groups is 1. The Kier molecular flexibility index (Phi) is 4.63. The summed E-state index contributed by atoms with van der Waals surface area (Å²) in [5, 5.41) is 1.09. The van der Waals surface area contributed by atoms with Crippen LogP contribution in [0.3, 0.4) is 0 Å². The molecule has 1 aliphatic heterocycles. The molecule has 0 aliphatic carbocycles. The summed E-state index contributed by atoms with van der Waals surface area (Å²) in [6.07, 6.45) is 1.70. The van der Waals surface area contributed by atoms with Crippen molar-refractivity contribution >= 4 is 29.1 Å². The molecule has 1 amide bonds. The van der Waals surface area contributed by atoms with Gasteiger partial charge in [0, 0.05) is 46.5 Å². The molecule has 0 bridgehead atoms. The molecule has 0 atom stereocenters. The second-order valence-electron chi connectivity index (χ2n) is 5.68. The van der Waals surface area contributed by atoms with E-state index in [1.165, 1.54) is 0 Å². The van der Waals surface area contributed by atoms with Gasteiger partial charge in [-0.2, -0.15) is 0 Å². The van der Waals surface area contributed by atoms with Crippen LogP contribution in [0, 0.1) is 6.92 Å². The topological polar surface area (TPSA) is 59.2 Å². The van der Waals surface area contributed by atoms with Gasteiger partial charge >= 0.3 is 0 Å². The van der Waals surface area contributed by atoms with Crippen molar-refractivity contribution in [1.82, 2.24) is 9.88 Å². The number of rotatable bonds is 4. The lowest BCUT2D eigenvalue weighted by atomic mass is 9.93. The molecule has 1 aliphatic rings. The van der Waals surface area contributed by atoms with Crippen LogP contribution in [0.25, 0.3) is 11.1 Å². The molecule has 0 unspecified atom stereocenters. The number of hydrogen-bond donors (Lipinski definition) is 1. The van der Waals surface area contributed by atoms with Gasteiger partial charge in [-0.05, 0) is 30.2 Å². The average molecular weight is 362 g/mol. The predicted octanol–water partition coefficient (Wildman–Crippen LogP) is 3.96. The van der Waals surface area contributed by atoms with Crippen molar-refractivity contribution in [3.8, 4) is 11.1 Å². The zero-order chi connectivity index (χ0) is 17.4. The van der Waals surface area contributed by atoms with Gasteiger partial charge in [0.25, 0.3) is 5.91 Å². The van der Waals surface area contributed by atoms with Gasteiger partial charge in [-0.15, -0.1) is 6.58 Å². The molecule has 24 heavy (non-hydrogen) atoms. The van der Waals surface area contributed by atoms with Crippen LogP contribution in [-0.4, -0.2) is 22.3 Å². The zero-order valence-corrected chi connectivity index (χ0v) is 14.8. The van der Waals surface area contributed by atoms with Crippen LogP contribution < -0.4 is 5.73 Å². The van der Waals surface area contributed by atoms with E-state index in [0.29, 0.717) is 35.4 Å². The van der Waals surface area contributed by atoms with Crippen molar-refractivity contribution in [2.24, 2.45) is 5.73 Å². The van der Waals surface area contributed by atoms with Crippen LogP contribution in [0.4, 0.5) is 0 Å². The molecule has 0 saturated heterocycles. The van der Waals surface area contributed by atoms with Crippen molar-refractivity contribution < 1.29 is 4.79 Å². The summed E-state index contributed by atoms with van der Waals surface area (Å²) in [5.41, 5.74) is 10.6. The standard InChI is InChI=1S/C18H17Cl2N3O/c1-3-6-23-9-14-16(12-5-4-11(19)7-15(12)20)13(8-21)10(2)22-17(14)18(23)24/h3-5,7H,1,6,8-9,21H2,2H3. The first kappa shape index (κ1) is 17.0. The fourth-order valence-corrected chi connectivity index (χ4v) is 3.60. The van der Waals surface area contributed by atoms with Gasteiger partial charge in [-0.25, -0.2) is 4.98 Å². The third kappa shape index (κ3) is 2.71. The predicted molar refractivity (Wildman–Crippen MR) is 97.3 cm³/mol. The van der Waals surface area contributed by atoms with Crippen molar-refractivity contribution in [3.63, 3.8) is 0 Å². The average Bonchev–Trinajstić information content (AvgIpc) is 2.83. The molecule has 124 valence electrons. The number of aromatic nitrogens is 1. The Hall–Kier alpha value is -1.88. The highest BCUT2D eigenvalue weighted by molar-refractivity contribution is 6.36. The number of benzene rings is 1. The molecule has 1 aromatic carbocycles. The van der Waals surface area contributed by atoms with Crippen molar-refractivity contribution in [2.45, 2.75) is 20.0 Å². The molecule has 1 aromatic heterocycles. The Morgan fingerprint density at radius 3 is 2.79 bits per heavy atom. The number of amides is 1. The number of carbonyl (C=O) groups excluding carboxylic acids is 1. The van der Waals surface area contributed by atoms with Crippen molar-refractivity contribution in [2.75, 3.05) is 6.54 Å². The zero-order valence-electron chi connectivity index (χ0n) is 13.3. The molecule has 2 aromatic rings. The summed E-state index contributed by atoms with van der Waals surface area (Å²) in [6.45, 7) is 6.82. The summed E-state index contributed by atoms with van der Waals surface area (Å²) in [7, 11) is 0. The van der Waals surface area contributed by atoms with Crippen LogP contribution in [0.2, 0.25) is 10.0 Å².